The lowest BCUT2D eigenvalue weighted by molar-refractivity contribution is 0.379. The Morgan fingerprint density at radius 1 is 1.08 bits per heavy atom. The molecule has 0 saturated carbocycles. The molecule has 1 heterocycles. The second-order valence-electron chi connectivity index (χ2n) is 6.12. The van der Waals surface area contributed by atoms with Crippen molar-refractivity contribution in [1.82, 2.24) is 4.31 Å². The molecule has 8 heteroatoms. The van der Waals surface area contributed by atoms with Crippen molar-refractivity contribution in [3.63, 3.8) is 0 Å². The molecular formula is C18H20ClFN2O3S. The van der Waals surface area contributed by atoms with E-state index in [1.54, 1.807) is 0 Å². The molecule has 1 aliphatic heterocycles. The third-order valence-corrected chi connectivity index (χ3v) is 6.64. The molecule has 3 rings (SSSR count). The molecule has 0 unspecified atom stereocenters. The van der Waals surface area contributed by atoms with Gasteiger partial charge in [0.05, 0.1) is 12.0 Å². The van der Waals surface area contributed by atoms with Gasteiger partial charge in [-0.1, -0.05) is 17.7 Å². The zero-order valence-corrected chi connectivity index (χ0v) is 16.1. The topological polar surface area (TPSA) is 49.9 Å². The molecule has 2 aromatic carbocycles. The molecule has 5 nitrogen and oxygen atoms in total. The van der Waals surface area contributed by atoms with E-state index in [2.05, 4.69) is 4.90 Å². The molecule has 2 aromatic rings. The second kappa shape index (κ2) is 7.42. The molecule has 26 heavy (non-hydrogen) atoms. The third kappa shape index (κ3) is 3.65. The molecular weight excluding hydrogens is 379 g/mol. The summed E-state index contributed by atoms with van der Waals surface area (Å²) in [6, 6.07) is 9.36. The van der Waals surface area contributed by atoms with Crippen LogP contribution >= 0.6 is 11.6 Å². The van der Waals surface area contributed by atoms with Gasteiger partial charge in [0.1, 0.15) is 0 Å². The van der Waals surface area contributed by atoms with Crippen LogP contribution < -0.4 is 9.64 Å². The summed E-state index contributed by atoms with van der Waals surface area (Å²) in [5, 5.41) is 0.648. The fourth-order valence-corrected chi connectivity index (χ4v) is 4.65. The van der Waals surface area contributed by atoms with Crippen LogP contribution in [0.25, 0.3) is 0 Å². The van der Waals surface area contributed by atoms with Crippen molar-refractivity contribution in [3.8, 4) is 5.75 Å². The lowest BCUT2D eigenvalue weighted by atomic mass is 10.1. The van der Waals surface area contributed by atoms with Crippen molar-refractivity contribution in [1.29, 1.82) is 0 Å². The summed E-state index contributed by atoms with van der Waals surface area (Å²) in [6.45, 7) is 3.72. The highest BCUT2D eigenvalue weighted by Gasteiger charge is 2.29. The molecule has 0 N–H and O–H groups in total. The van der Waals surface area contributed by atoms with Crippen molar-refractivity contribution >= 4 is 27.3 Å². The van der Waals surface area contributed by atoms with Gasteiger partial charge in [0.2, 0.25) is 10.0 Å². The highest BCUT2D eigenvalue weighted by Crippen LogP contribution is 2.28. The Morgan fingerprint density at radius 2 is 1.77 bits per heavy atom. The molecule has 0 spiro atoms. The Hall–Kier alpha value is -1.83. The molecule has 0 amide bonds. The first kappa shape index (κ1) is 18.9. The number of methoxy groups -OCH3 is 1. The predicted octanol–water partition coefficient (Wildman–Crippen LogP) is 3.31. The summed E-state index contributed by atoms with van der Waals surface area (Å²) < 4.78 is 45.7. The molecule has 0 bridgehead atoms. The Morgan fingerprint density at radius 3 is 2.38 bits per heavy atom. The maximum absolute atomic E-state index is 13.9. The summed E-state index contributed by atoms with van der Waals surface area (Å²) >= 11 is 6.08. The van der Waals surface area contributed by atoms with E-state index in [-0.39, 0.29) is 10.6 Å². The van der Waals surface area contributed by atoms with Crippen LogP contribution in [-0.4, -0.2) is 46.0 Å². The van der Waals surface area contributed by atoms with E-state index in [0.717, 1.165) is 17.3 Å². The number of halogens is 2. The number of sulfonamides is 1. The Bertz CT molecular complexity index is 913. The van der Waals surface area contributed by atoms with Gasteiger partial charge < -0.3 is 9.64 Å². The number of nitrogens with zero attached hydrogens (tertiary/aromatic N) is 2. The van der Waals surface area contributed by atoms with Gasteiger partial charge in [0.15, 0.2) is 11.6 Å². The van der Waals surface area contributed by atoms with E-state index >= 15 is 0 Å². The molecule has 1 saturated heterocycles. The van der Waals surface area contributed by atoms with Gasteiger partial charge in [-0.2, -0.15) is 4.31 Å². The molecule has 1 aliphatic rings. The average molecular weight is 399 g/mol. The highest BCUT2D eigenvalue weighted by atomic mass is 35.5. The number of ether oxygens (including phenoxy) is 1. The summed E-state index contributed by atoms with van der Waals surface area (Å²) in [7, 11) is -2.41. The van der Waals surface area contributed by atoms with E-state index in [9.17, 15) is 12.8 Å². The molecule has 0 aromatic heterocycles. The van der Waals surface area contributed by atoms with Crippen molar-refractivity contribution in [2.75, 3.05) is 38.2 Å². The fraction of sp³-hybridized carbons (Fsp3) is 0.333. The number of hydrogen-bond donors (Lipinski definition) is 0. The first-order valence-electron chi connectivity index (χ1n) is 8.17. The summed E-state index contributed by atoms with van der Waals surface area (Å²) in [5.41, 5.74) is 2.09. The maximum atomic E-state index is 13.9. The van der Waals surface area contributed by atoms with Crippen molar-refractivity contribution in [2.24, 2.45) is 0 Å². The Labute approximate surface area is 158 Å². The van der Waals surface area contributed by atoms with Crippen LogP contribution in [0.5, 0.6) is 5.75 Å². The van der Waals surface area contributed by atoms with Crippen molar-refractivity contribution in [3.05, 3.63) is 52.8 Å². The fourth-order valence-electron chi connectivity index (χ4n) is 3.05. The minimum Gasteiger partial charge on any atom is -0.494 e. The Balaban J connectivity index is 1.76. The zero-order valence-electron chi connectivity index (χ0n) is 14.6. The number of piperazine rings is 1. The van der Waals surface area contributed by atoms with Crippen LogP contribution in [0.3, 0.4) is 0 Å². The SMILES string of the molecule is COc1ccc(S(=O)(=O)N2CCN(c3cc(Cl)ccc3C)CC2)cc1F. The average Bonchev–Trinajstić information content (AvgIpc) is 2.63. The first-order valence-corrected chi connectivity index (χ1v) is 9.99. The predicted molar refractivity (Wildman–Crippen MR) is 100 cm³/mol. The highest BCUT2D eigenvalue weighted by molar-refractivity contribution is 7.89. The summed E-state index contributed by atoms with van der Waals surface area (Å²) in [4.78, 5) is 2.05. The van der Waals surface area contributed by atoms with Gasteiger partial charge in [-0.25, -0.2) is 12.8 Å². The van der Waals surface area contributed by atoms with Gasteiger partial charge in [0, 0.05) is 36.9 Å². The second-order valence-corrected chi connectivity index (χ2v) is 8.49. The van der Waals surface area contributed by atoms with Gasteiger partial charge >= 0.3 is 0 Å². The van der Waals surface area contributed by atoms with Gasteiger partial charge in [-0.05, 0) is 42.8 Å². The zero-order chi connectivity index (χ0) is 18.9. The normalized spacial score (nSPS) is 15.9. The van der Waals surface area contributed by atoms with E-state index in [1.807, 2.05) is 25.1 Å². The number of anilines is 1. The number of hydrogen-bond acceptors (Lipinski definition) is 4. The van der Waals surface area contributed by atoms with Crippen LogP contribution in [0, 0.1) is 12.7 Å². The van der Waals surface area contributed by atoms with Crippen LogP contribution in [0.4, 0.5) is 10.1 Å². The standard InChI is InChI=1S/C18H20ClFN2O3S/c1-13-3-4-14(19)11-17(13)21-7-9-22(10-8-21)26(23,24)15-5-6-18(25-2)16(20)12-15/h3-6,11-12H,7-10H2,1-2H3. The number of benzene rings is 2. The van der Waals surface area contributed by atoms with Crippen LogP contribution in [0.15, 0.2) is 41.3 Å². The monoisotopic (exact) mass is 398 g/mol. The van der Waals surface area contributed by atoms with Gasteiger partial charge in [-0.3, -0.25) is 0 Å². The van der Waals surface area contributed by atoms with E-state index in [0.29, 0.717) is 31.2 Å². The van der Waals surface area contributed by atoms with Gasteiger partial charge in [0.25, 0.3) is 0 Å². The molecule has 0 aliphatic carbocycles. The largest absolute Gasteiger partial charge is 0.494 e. The van der Waals surface area contributed by atoms with E-state index in [1.165, 1.54) is 23.5 Å². The third-order valence-electron chi connectivity index (χ3n) is 4.51. The molecule has 0 radical (unpaired) electrons. The minimum absolute atomic E-state index is 0.0187. The van der Waals surface area contributed by atoms with Crippen LogP contribution in [0.2, 0.25) is 5.02 Å². The molecule has 140 valence electrons. The number of aryl methyl sites for hydroxylation is 1. The minimum atomic E-state index is -3.75. The summed E-state index contributed by atoms with van der Waals surface area (Å²) in [6.07, 6.45) is 0. The quantitative estimate of drug-likeness (QED) is 0.792. The lowest BCUT2D eigenvalue weighted by Crippen LogP contribution is -2.48. The first-order chi connectivity index (χ1) is 12.3. The summed E-state index contributed by atoms with van der Waals surface area (Å²) in [5.74, 6) is -0.674. The molecule has 0 atom stereocenters. The Kier molecular flexibility index (Phi) is 5.41. The molecule has 1 fully saturated rings. The van der Waals surface area contributed by atoms with Crippen molar-refractivity contribution in [2.45, 2.75) is 11.8 Å². The number of rotatable bonds is 4. The van der Waals surface area contributed by atoms with Crippen LogP contribution in [0.1, 0.15) is 5.56 Å². The van der Waals surface area contributed by atoms with E-state index in [4.69, 9.17) is 16.3 Å². The maximum Gasteiger partial charge on any atom is 0.243 e. The van der Waals surface area contributed by atoms with E-state index < -0.39 is 15.8 Å². The van der Waals surface area contributed by atoms with Crippen molar-refractivity contribution < 1.29 is 17.5 Å². The van der Waals surface area contributed by atoms with Gasteiger partial charge in [-0.15, -0.1) is 0 Å². The van der Waals surface area contributed by atoms with Crippen LogP contribution in [-0.2, 0) is 10.0 Å². The smallest absolute Gasteiger partial charge is 0.243 e. The lowest BCUT2D eigenvalue weighted by Gasteiger charge is -2.36.